The van der Waals surface area contributed by atoms with Gasteiger partial charge < -0.3 is 9.72 Å². The molecule has 166 valence electrons. The Bertz CT molecular complexity index is 1460. The van der Waals surface area contributed by atoms with Gasteiger partial charge in [-0.3, -0.25) is 4.79 Å². The summed E-state index contributed by atoms with van der Waals surface area (Å²) in [5, 5.41) is 0.861. The van der Waals surface area contributed by atoms with E-state index in [9.17, 15) is 13.2 Å². The maximum atomic E-state index is 13.8. The van der Waals surface area contributed by atoms with Crippen LogP contribution in [0.4, 0.5) is 0 Å². The summed E-state index contributed by atoms with van der Waals surface area (Å²) in [6.07, 6.45) is 1.46. The predicted molar refractivity (Wildman–Crippen MR) is 123 cm³/mol. The third-order valence-corrected chi connectivity index (χ3v) is 8.11. The van der Waals surface area contributed by atoms with Crippen molar-refractivity contribution in [2.24, 2.45) is 0 Å². The molecule has 2 aromatic carbocycles. The van der Waals surface area contributed by atoms with Crippen LogP contribution in [-0.4, -0.2) is 45.7 Å². The van der Waals surface area contributed by atoms with Crippen LogP contribution >= 0.6 is 11.7 Å². The second kappa shape index (κ2) is 8.36. The number of aromatic nitrogens is 3. The number of ether oxygens (including phenoxy) is 1. The van der Waals surface area contributed by atoms with Crippen molar-refractivity contribution < 1.29 is 13.2 Å². The molecule has 0 aliphatic carbocycles. The van der Waals surface area contributed by atoms with E-state index in [0.29, 0.717) is 23.2 Å². The van der Waals surface area contributed by atoms with Crippen molar-refractivity contribution in [2.75, 3.05) is 13.2 Å². The molecule has 5 rings (SSSR count). The molecule has 32 heavy (non-hydrogen) atoms. The predicted octanol–water partition coefficient (Wildman–Crippen LogP) is 3.21. The Morgan fingerprint density at radius 1 is 1.22 bits per heavy atom. The number of rotatable bonds is 6. The van der Waals surface area contributed by atoms with Gasteiger partial charge >= 0.3 is 0 Å². The third-order valence-electron chi connectivity index (χ3n) is 5.72. The third kappa shape index (κ3) is 3.95. The van der Waals surface area contributed by atoms with Crippen LogP contribution in [0.25, 0.3) is 21.9 Å². The molecule has 3 heterocycles. The number of hydrogen-bond acceptors (Lipinski definition) is 7. The fourth-order valence-corrected chi connectivity index (χ4v) is 6.27. The number of hydrogen-bond donors (Lipinski definition) is 1. The quantitative estimate of drug-likeness (QED) is 0.464. The van der Waals surface area contributed by atoms with Gasteiger partial charge in [0, 0.05) is 30.8 Å². The first kappa shape index (κ1) is 21.2. The average Bonchev–Trinajstić information content (AvgIpc) is 3.45. The van der Waals surface area contributed by atoms with Crippen molar-refractivity contribution in [3.63, 3.8) is 0 Å². The lowest BCUT2D eigenvalue weighted by Crippen LogP contribution is -2.38. The van der Waals surface area contributed by atoms with E-state index in [0.717, 1.165) is 41.0 Å². The van der Waals surface area contributed by atoms with Crippen molar-refractivity contribution in [3.8, 4) is 0 Å². The number of fused-ring (bicyclic) bond motifs is 2. The van der Waals surface area contributed by atoms with Crippen molar-refractivity contribution in [1.82, 2.24) is 18.0 Å². The van der Waals surface area contributed by atoms with Gasteiger partial charge in [-0.05, 0) is 55.5 Å². The molecule has 2 aromatic heterocycles. The first-order valence-electron chi connectivity index (χ1n) is 10.4. The lowest BCUT2D eigenvalue weighted by Gasteiger charge is -2.25. The highest BCUT2D eigenvalue weighted by atomic mass is 32.2. The topological polar surface area (TPSA) is 105 Å². The van der Waals surface area contributed by atoms with Crippen LogP contribution in [0.3, 0.4) is 0 Å². The molecule has 1 aliphatic heterocycles. The van der Waals surface area contributed by atoms with Gasteiger partial charge in [0.15, 0.2) is 0 Å². The highest BCUT2D eigenvalue weighted by Gasteiger charge is 2.32. The molecule has 0 spiro atoms. The summed E-state index contributed by atoms with van der Waals surface area (Å²) < 4.78 is 42.9. The van der Waals surface area contributed by atoms with E-state index in [2.05, 4.69) is 13.7 Å². The summed E-state index contributed by atoms with van der Waals surface area (Å²) >= 11 is 0.974. The monoisotopic (exact) mass is 470 g/mol. The van der Waals surface area contributed by atoms with Gasteiger partial charge in [-0.2, -0.15) is 13.1 Å². The zero-order valence-corrected chi connectivity index (χ0v) is 19.1. The summed E-state index contributed by atoms with van der Waals surface area (Å²) in [7, 11) is -3.96. The lowest BCUT2D eigenvalue weighted by atomic mass is 10.1. The molecular weight excluding hydrogens is 448 g/mol. The van der Waals surface area contributed by atoms with Gasteiger partial charge in [-0.15, -0.1) is 0 Å². The van der Waals surface area contributed by atoms with E-state index in [1.54, 1.807) is 18.2 Å². The number of benzene rings is 2. The zero-order chi connectivity index (χ0) is 22.3. The highest BCUT2D eigenvalue weighted by Crippen LogP contribution is 2.27. The maximum Gasteiger partial charge on any atom is 0.252 e. The average molecular weight is 471 g/mol. The minimum atomic E-state index is -3.96. The molecule has 1 saturated heterocycles. The lowest BCUT2D eigenvalue weighted by molar-refractivity contribution is 0.0925. The fourth-order valence-electron chi connectivity index (χ4n) is 4.07. The number of aryl methyl sites for hydroxylation is 1. The number of aromatic amines is 1. The summed E-state index contributed by atoms with van der Waals surface area (Å²) in [6, 6.07) is 12.4. The van der Waals surface area contributed by atoms with Crippen LogP contribution in [0.1, 0.15) is 24.0 Å². The first-order valence-corrected chi connectivity index (χ1v) is 12.5. The molecule has 0 unspecified atom stereocenters. The fraction of sp³-hybridized carbons (Fsp3) is 0.318. The number of sulfonamides is 1. The van der Waals surface area contributed by atoms with E-state index < -0.39 is 10.0 Å². The number of nitrogens with one attached hydrogen (secondary N) is 1. The number of pyridine rings is 1. The van der Waals surface area contributed by atoms with E-state index in [1.807, 2.05) is 25.1 Å². The molecule has 0 bridgehead atoms. The summed E-state index contributed by atoms with van der Waals surface area (Å²) in [5.41, 5.74) is 2.74. The minimum absolute atomic E-state index is 0.0602. The van der Waals surface area contributed by atoms with Gasteiger partial charge in [-0.25, -0.2) is 8.42 Å². The molecule has 1 fully saturated rings. The van der Waals surface area contributed by atoms with Gasteiger partial charge in [0.25, 0.3) is 5.56 Å². The molecular formula is C22H22N4O4S2. The molecule has 1 N–H and O–H groups in total. The van der Waals surface area contributed by atoms with Crippen LogP contribution in [0.5, 0.6) is 0 Å². The Labute approximate surface area is 189 Å². The van der Waals surface area contributed by atoms with Crippen LogP contribution in [-0.2, 0) is 21.3 Å². The Morgan fingerprint density at radius 2 is 2.09 bits per heavy atom. The molecule has 0 saturated carbocycles. The Morgan fingerprint density at radius 3 is 2.91 bits per heavy atom. The Kier molecular flexibility index (Phi) is 5.54. The smallest absolute Gasteiger partial charge is 0.252 e. The van der Waals surface area contributed by atoms with E-state index >= 15 is 0 Å². The molecule has 0 amide bonds. The van der Waals surface area contributed by atoms with Crippen LogP contribution in [0.15, 0.2) is 52.2 Å². The Balaban J connectivity index is 1.58. The van der Waals surface area contributed by atoms with Gasteiger partial charge in [0.2, 0.25) is 10.0 Å². The van der Waals surface area contributed by atoms with E-state index in [4.69, 9.17) is 4.74 Å². The first-order chi connectivity index (χ1) is 15.4. The van der Waals surface area contributed by atoms with Crippen molar-refractivity contribution in [2.45, 2.75) is 37.3 Å². The Hall–Kier alpha value is -2.66. The SMILES string of the molecule is Cc1ccc2[nH]c(=O)c(CN(C[C@@H]3CCCO3)S(=O)(=O)c3cccc4nsnc34)cc2c1. The molecule has 1 atom stereocenters. The second-order valence-corrected chi connectivity index (χ2v) is 10.5. The van der Waals surface area contributed by atoms with Crippen LogP contribution in [0, 0.1) is 6.92 Å². The molecule has 4 aromatic rings. The zero-order valence-electron chi connectivity index (χ0n) is 17.4. The molecule has 0 radical (unpaired) electrons. The number of nitrogens with zero attached hydrogens (tertiary/aromatic N) is 3. The molecule has 1 aliphatic rings. The van der Waals surface area contributed by atoms with Gasteiger partial charge in [0.05, 0.1) is 17.8 Å². The van der Waals surface area contributed by atoms with Crippen molar-refractivity contribution in [3.05, 3.63) is 63.9 Å². The standard InChI is InChI=1S/C22H22N4O4S2/c1-14-7-8-18-15(10-14)11-16(22(27)23-18)12-26(13-17-4-3-9-30-17)32(28,29)20-6-2-5-19-21(20)25-31-24-19/h2,5-8,10-11,17H,3-4,9,12-13H2,1H3,(H,23,27)/t17-/m0/s1. The summed E-state index contributed by atoms with van der Waals surface area (Å²) in [6.45, 7) is 2.69. The largest absolute Gasteiger partial charge is 0.377 e. The number of H-pyrrole nitrogens is 1. The van der Waals surface area contributed by atoms with E-state index in [-0.39, 0.29) is 29.6 Å². The second-order valence-electron chi connectivity index (χ2n) is 8.04. The normalized spacial score (nSPS) is 17.0. The summed E-state index contributed by atoms with van der Waals surface area (Å²) in [4.78, 5) is 15.8. The molecule has 8 nitrogen and oxygen atoms in total. The van der Waals surface area contributed by atoms with Crippen molar-refractivity contribution in [1.29, 1.82) is 0 Å². The van der Waals surface area contributed by atoms with Crippen LogP contribution in [0.2, 0.25) is 0 Å². The van der Waals surface area contributed by atoms with Crippen LogP contribution < -0.4 is 5.56 Å². The van der Waals surface area contributed by atoms with Crippen molar-refractivity contribution >= 4 is 43.7 Å². The molecule has 10 heteroatoms. The minimum Gasteiger partial charge on any atom is -0.377 e. The van der Waals surface area contributed by atoms with Gasteiger partial charge in [0.1, 0.15) is 15.9 Å². The van der Waals surface area contributed by atoms with Gasteiger partial charge in [-0.1, -0.05) is 17.7 Å². The van der Waals surface area contributed by atoms with E-state index in [1.165, 1.54) is 10.4 Å². The maximum absolute atomic E-state index is 13.8. The highest BCUT2D eigenvalue weighted by molar-refractivity contribution is 7.89. The summed E-state index contributed by atoms with van der Waals surface area (Å²) in [5.74, 6) is 0.